The molecule has 0 fully saturated rings. The lowest BCUT2D eigenvalue weighted by molar-refractivity contribution is -0.139. The number of benzene rings is 2. The molecule has 0 radical (unpaired) electrons. The SMILES string of the molecule is CCOC(=O)C1=C(N)N(c2cc(OC)cc(C(F)(F)F)c2)C(C)=C(C(C)=O)C1c1ccc(C#N)cc1. The number of Topliss-reactive ketones (excluding diaryl/α,β-unsaturated/α-hetero) is 1. The molecule has 3 rings (SSSR count). The van der Waals surface area contributed by atoms with Gasteiger partial charge in [-0.25, -0.2) is 4.79 Å². The lowest BCUT2D eigenvalue weighted by Crippen LogP contribution is -2.38. The summed E-state index contributed by atoms with van der Waals surface area (Å²) in [6.07, 6.45) is -4.69. The Morgan fingerprint density at radius 3 is 2.28 bits per heavy atom. The highest BCUT2D eigenvalue weighted by Gasteiger charge is 2.41. The van der Waals surface area contributed by atoms with Crippen LogP contribution in [0.2, 0.25) is 0 Å². The third kappa shape index (κ3) is 4.91. The Labute approximate surface area is 206 Å². The molecule has 188 valence electrons. The van der Waals surface area contributed by atoms with E-state index in [0.29, 0.717) is 11.1 Å². The van der Waals surface area contributed by atoms with Crippen LogP contribution in [0, 0.1) is 11.3 Å². The number of nitriles is 1. The number of carbonyl (C=O) groups excluding carboxylic acids is 2. The smallest absolute Gasteiger partial charge is 0.416 e. The minimum atomic E-state index is -4.69. The molecule has 1 aliphatic rings. The molecule has 0 saturated heterocycles. The summed E-state index contributed by atoms with van der Waals surface area (Å²) < 4.78 is 51.2. The van der Waals surface area contributed by atoms with Gasteiger partial charge in [0.2, 0.25) is 0 Å². The zero-order valence-corrected chi connectivity index (χ0v) is 20.1. The minimum absolute atomic E-state index is 0.00515. The maximum Gasteiger partial charge on any atom is 0.416 e. The Bertz CT molecular complexity index is 1310. The second-order valence-electron chi connectivity index (χ2n) is 7.99. The highest BCUT2D eigenvalue weighted by Crippen LogP contribution is 2.45. The molecule has 0 aromatic heterocycles. The Kier molecular flexibility index (Phi) is 7.43. The number of allylic oxidation sites excluding steroid dienone is 2. The van der Waals surface area contributed by atoms with Gasteiger partial charge in [-0.15, -0.1) is 0 Å². The Hall–Kier alpha value is -4.26. The Morgan fingerprint density at radius 1 is 1.14 bits per heavy atom. The van der Waals surface area contributed by atoms with Gasteiger partial charge in [-0.1, -0.05) is 12.1 Å². The third-order valence-electron chi connectivity index (χ3n) is 5.78. The zero-order chi connectivity index (χ0) is 26.8. The van der Waals surface area contributed by atoms with E-state index in [0.717, 1.165) is 12.1 Å². The van der Waals surface area contributed by atoms with Crippen LogP contribution in [0.25, 0.3) is 0 Å². The molecule has 2 N–H and O–H groups in total. The molecular weight excluding hydrogens is 475 g/mol. The molecule has 2 aromatic rings. The van der Waals surface area contributed by atoms with Crippen molar-refractivity contribution >= 4 is 17.4 Å². The number of hydrogen-bond donors (Lipinski definition) is 1. The zero-order valence-electron chi connectivity index (χ0n) is 20.1. The number of rotatable bonds is 6. The van der Waals surface area contributed by atoms with Crippen molar-refractivity contribution < 1.29 is 32.2 Å². The van der Waals surface area contributed by atoms with E-state index < -0.39 is 29.4 Å². The van der Waals surface area contributed by atoms with Crippen molar-refractivity contribution in [3.63, 3.8) is 0 Å². The first-order valence-corrected chi connectivity index (χ1v) is 10.9. The molecular formula is C26H24F3N3O4. The third-order valence-corrected chi connectivity index (χ3v) is 5.78. The first-order chi connectivity index (χ1) is 16.9. The fourth-order valence-electron chi connectivity index (χ4n) is 4.22. The average molecular weight is 499 g/mol. The molecule has 1 unspecified atom stereocenters. The summed E-state index contributed by atoms with van der Waals surface area (Å²) in [4.78, 5) is 27.3. The number of nitrogens with two attached hydrogens (primary N) is 1. The Balaban J connectivity index is 2.36. The maximum absolute atomic E-state index is 13.6. The van der Waals surface area contributed by atoms with E-state index in [1.807, 2.05) is 6.07 Å². The van der Waals surface area contributed by atoms with Crippen LogP contribution in [0.1, 0.15) is 43.4 Å². The van der Waals surface area contributed by atoms with Crippen molar-refractivity contribution in [3.05, 3.63) is 81.8 Å². The summed E-state index contributed by atoms with van der Waals surface area (Å²) in [6.45, 7) is 4.43. The highest BCUT2D eigenvalue weighted by atomic mass is 19.4. The maximum atomic E-state index is 13.6. The van der Waals surface area contributed by atoms with Crippen molar-refractivity contribution in [3.8, 4) is 11.8 Å². The van der Waals surface area contributed by atoms with Crippen LogP contribution in [0.3, 0.4) is 0 Å². The van der Waals surface area contributed by atoms with Crippen LogP contribution in [0.4, 0.5) is 18.9 Å². The van der Waals surface area contributed by atoms with Crippen LogP contribution >= 0.6 is 0 Å². The number of ketones is 1. The molecule has 1 heterocycles. The normalized spacial score (nSPS) is 16.1. The fourth-order valence-corrected chi connectivity index (χ4v) is 4.22. The standard InChI is InChI=1S/C26H24F3N3O4/c1-5-36-25(34)23-22(17-8-6-16(13-30)7-9-17)21(15(3)33)14(2)32(24(23)31)19-10-18(26(27,28)29)11-20(12-19)35-4/h6-12,22H,5,31H2,1-4H3. The highest BCUT2D eigenvalue weighted by molar-refractivity contribution is 6.03. The van der Waals surface area contributed by atoms with Crippen molar-refractivity contribution in [2.75, 3.05) is 18.6 Å². The van der Waals surface area contributed by atoms with Gasteiger partial charge in [0, 0.05) is 17.3 Å². The second kappa shape index (κ2) is 10.2. The minimum Gasteiger partial charge on any atom is -0.497 e. The molecule has 7 nitrogen and oxygen atoms in total. The first-order valence-electron chi connectivity index (χ1n) is 10.9. The van der Waals surface area contributed by atoms with Gasteiger partial charge in [0.1, 0.15) is 11.6 Å². The number of hydrogen-bond acceptors (Lipinski definition) is 7. The number of ether oxygens (including phenoxy) is 2. The Morgan fingerprint density at radius 2 is 1.78 bits per heavy atom. The topological polar surface area (TPSA) is 106 Å². The molecule has 0 aliphatic carbocycles. The predicted molar refractivity (Wildman–Crippen MR) is 126 cm³/mol. The predicted octanol–water partition coefficient (Wildman–Crippen LogP) is 4.79. The summed E-state index contributed by atoms with van der Waals surface area (Å²) in [5.41, 5.74) is 6.56. The van der Waals surface area contributed by atoms with Gasteiger partial charge >= 0.3 is 12.1 Å². The number of esters is 1. The lowest BCUT2D eigenvalue weighted by atomic mass is 9.79. The van der Waals surface area contributed by atoms with Crippen LogP contribution < -0.4 is 15.4 Å². The number of carbonyl (C=O) groups is 2. The number of methoxy groups -OCH3 is 1. The summed E-state index contributed by atoms with van der Waals surface area (Å²) in [7, 11) is 1.23. The van der Waals surface area contributed by atoms with E-state index in [-0.39, 0.29) is 40.7 Å². The monoisotopic (exact) mass is 499 g/mol. The molecule has 0 bridgehead atoms. The lowest BCUT2D eigenvalue weighted by Gasteiger charge is -2.37. The molecule has 10 heteroatoms. The van der Waals surface area contributed by atoms with Crippen LogP contribution in [-0.4, -0.2) is 25.5 Å². The van der Waals surface area contributed by atoms with E-state index in [2.05, 4.69) is 0 Å². The molecule has 2 aromatic carbocycles. The van der Waals surface area contributed by atoms with Crippen molar-refractivity contribution in [2.45, 2.75) is 32.9 Å². The average Bonchev–Trinajstić information content (AvgIpc) is 2.82. The fraction of sp³-hybridized carbons (Fsp3) is 0.269. The first kappa shape index (κ1) is 26.3. The summed E-state index contributed by atoms with van der Waals surface area (Å²) in [5, 5.41) is 9.14. The number of nitrogens with zero attached hydrogens (tertiary/aromatic N) is 2. The molecule has 0 amide bonds. The molecule has 1 atom stereocenters. The van der Waals surface area contributed by atoms with Gasteiger partial charge in [-0.2, -0.15) is 18.4 Å². The molecule has 0 spiro atoms. The van der Waals surface area contributed by atoms with Gasteiger partial charge in [0.15, 0.2) is 5.78 Å². The number of halogens is 3. The van der Waals surface area contributed by atoms with Crippen molar-refractivity contribution in [1.82, 2.24) is 0 Å². The largest absolute Gasteiger partial charge is 0.497 e. The summed E-state index contributed by atoms with van der Waals surface area (Å²) in [6, 6.07) is 11.3. The number of alkyl halides is 3. The molecule has 1 aliphatic heterocycles. The van der Waals surface area contributed by atoms with Gasteiger partial charge in [-0.3, -0.25) is 4.79 Å². The molecule has 0 saturated carbocycles. The molecule has 36 heavy (non-hydrogen) atoms. The van der Waals surface area contributed by atoms with Gasteiger partial charge in [0.25, 0.3) is 0 Å². The summed E-state index contributed by atoms with van der Waals surface area (Å²) >= 11 is 0. The quantitative estimate of drug-likeness (QED) is 0.570. The number of anilines is 1. The van der Waals surface area contributed by atoms with Crippen LogP contribution in [-0.2, 0) is 20.5 Å². The van der Waals surface area contributed by atoms with E-state index in [4.69, 9.17) is 20.5 Å². The van der Waals surface area contributed by atoms with Crippen molar-refractivity contribution in [1.29, 1.82) is 5.26 Å². The van der Waals surface area contributed by atoms with Gasteiger partial charge in [0.05, 0.1) is 48.1 Å². The van der Waals surface area contributed by atoms with Crippen LogP contribution in [0.5, 0.6) is 5.75 Å². The van der Waals surface area contributed by atoms with Crippen LogP contribution in [0.15, 0.2) is 65.1 Å². The van der Waals surface area contributed by atoms with E-state index in [1.54, 1.807) is 19.1 Å². The van der Waals surface area contributed by atoms with E-state index in [9.17, 15) is 22.8 Å². The second-order valence-corrected chi connectivity index (χ2v) is 7.99. The summed E-state index contributed by atoms with van der Waals surface area (Å²) in [5.74, 6) is -2.47. The van der Waals surface area contributed by atoms with Gasteiger partial charge < -0.3 is 20.1 Å². The van der Waals surface area contributed by atoms with E-state index >= 15 is 0 Å². The van der Waals surface area contributed by atoms with E-state index in [1.165, 1.54) is 44.1 Å². The van der Waals surface area contributed by atoms with Gasteiger partial charge in [-0.05, 0) is 50.6 Å². The van der Waals surface area contributed by atoms with Crippen molar-refractivity contribution in [2.24, 2.45) is 5.73 Å².